The van der Waals surface area contributed by atoms with Crippen molar-refractivity contribution in [2.75, 3.05) is 25.4 Å². The molecule has 1 aromatic carbocycles. The Kier molecular flexibility index (Phi) is 10.3. The number of nitrogens with one attached hydrogen (secondary N) is 1. The molecule has 0 unspecified atom stereocenters. The van der Waals surface area contributed by atoms with E-state index in [2.05, 4.69) is 10.3 Å². The first-order valence-electron chi connectivity index (χ1n) is 10.8. The zero-order chi connectivity index (χ0) is 23.4. The summed E-state index contributed by atoms with van der Waals surface area (Å²) in [7, 11) is 0. The molecule has 2 amide bonds. The average Bonchev–Trinajstić information content (AvgIpc) is 2.75. The molecule has 0 radical (unpaired) electrons. The van der Waals surface area contributed by atoms with Crippen LogP contribution in [0.15, 0.2) is 53.7 Å². The molecule has 32 heavy (non-hydrogen) atoms. The molecule has 1 N–H and O–H groups in total. The van der Waals surface area contributed by atoms with E-state index in [0.29, 0.717) is 38.4 Å². The van der Waals surface area contributed by atoms with E-state index in [1.807, 2.05) is 64.1 Å². The number of pyridine rings is 1. The molecule has 0 fully saturated rings. The van der Waals surface area contributed by atoms with Crippen molar-refractivity contribution in [2.24, 2.45) is 0 Å². The van der Waals surface area contributed by atoms with Gasteiger partial charge in [0, 0.05) is 30.4 Å². The molecule has 7 nitrogen and oxygen atoms in total. The van der Waals surface area contributed by atoms with Crippen LogP contribution in [0, 0.1) is 0 Å². The van der Waals surface area contributed by atoms with Gasteiger partial charge in [-0.25, -0.2) is 4.79 Å². The molecule has 0 aliphatic heterocycles. The van der Waals surface area contributed by atoms with Crippen LogP contribution in [0.3, 0.4) is 0 Å². The number of rotatable bonds is 11. The van der Waals surface area contributed by atoms with E-state index in [1.54, 1.807) is 17.3 Å². The third-order valence-corrected chi connectivity index (χ3v) is 5.19. The van der Waals surface area contributed by atoms with E-state index in [4.69, 9.17) is 9.47 Å². The second kappa shape index (κ2) is 13.0. The topological polar surface area (TPSA) is 80.8 Å². The Morgan fingerprint density at radius 2 is 1.91 bits per heavy atom. The first kappa shape index (κ1) is 25.5. The molecule has 0 spiro atoms. The van der Waals surface area contributed by atoms with Gasteiger partial charge in [-0.2, -0.15) is 0 Å². The summed E-state index contributed by atoms with van der Waals surface area (Å²) < 4.78 is 11.0. The predicted octanol–water partition coefficient (Wildman–Crippen LogP) is 4.52. The van der Waals surface area contributed by atoms with Gasteiger partial charge >= 0.3 is 6.09 Å². The monoisotopic (exact) mass is 459 g/mol. The number of hydrogen-bond acceptors (Lipinski definition) is 6. The minimum absolute atomic E-state index is 0.0417. The highest BCUT2D eigenvalue weighted by Crippen LogP contribution is 2.21. The normalized spacial score (nSPS) is 11.0. The Bertz CT molecular complexity index is 839. The van der Waals surface area contributed by atoms with Crippen LogP contribution in [0.4, 0.5) is 4.79 Å². The lowest BCUT2D eigenvalue weighted by molar-refractivity contribution is -0.118. The zero-order valence-corrected chi connectivity index (χ0v) is 20.1. The second-order valence-corrected chi connectivity index (χ2v) is 9.21. The molecule has 0 saturated carbocycles. The van der Waals surface area contributed by atoms with Crippen LogP contribution in [-0.2, 0) is 16.1 Å². The summed E-state index contributed by atoms with van der Waals surface area (Å²) in [5, 5.41) is 2.92. The summed E-state index contributed by atoms with van der Waals surface area (Å²) in [5.74, 6) is 1.11. The number of aromatic nitrogens is 1. The maximum absolute atomic E-state index is 12.6. The highest BCUT2D eigenvalue weighted by molar-refractivity contribution is 8.00. The number of nitrogens with zero attached hydrogens (tertiary/aromatic N) is 2. The van der Waals surface area contributed by atoms with Gasteiger partial charge in [-0.15, -0.1) is 11.8 Å². The van der Waals surface area contributed by atoms with Crippen molar-refractivity contribution in [3.63, 3.8) is 0 Å². The molecule has 1 aromatic heterocycles. The molecule has 0 aliphatic carbocycles. The van der Waals surface area contributed by atoms with E-state index in [-0.39, 0.29) is 12.0 Å². The number of ether oxygens (including phenoxy) is 2. The molecular weight excluding hydrogens is 426 g/mol. The fourth-order valence-corrected chi connectivity index (χ4v) is 3.50. The smallest absolute Gasteiger partial charge is 0.410 e. The number of hydrogen-bond donors (Lipinski definition) is 1. The van der Waals surface area contributed by atoms with Crippen molar-refractivity contribution < 1.29 is 19.1 Å². The average molecular weight is 460 g/mol. The quantitative estimate of drug-likeness (QED) is 0.393. The number of benzene rings is 1. The molecule has 0 saturated heterocycles. The van der Waals surface area contributed by atoms with Crippen LogP contribution < -0.4 is 10.1 Å². The molecule has 8 heteroatoms. The third kappa shape index (κ3) is 10.0. The lowest BCUT2D eigenvalue weighted by Gasteiger charge is -2.27. The lowest BCUT2D eigenvalue weighted by Crippen LogP contribution is -2.38. The van der Waals surface area contributed by atoms with Gasteiger partial charge in [0.25, 0.3) is 0 Å². The minimum Gasteiger partial charge on any atom is -0.494 e. The number of amides is 2. The van der Waals surface area contributed by atoms with Gasteiger partial charge in [-0.1, -0.05) is 6.07 Å². The fourth-order valence-electron chi connectivity index (χ4n) is 2.77. The zero-order valence-electron chi connectivity index (χ0n) is 19.3. The SMILES string of the molecule is CCOc1ccc(SCC(=O)NCCCN(Cc2cccnc2)C(=O)OC(C)(C)C)cc1. The first-order chi connectivity index (χ1) is 15.3. The summed E-state index contributed by atoms with van der Waals surface area (Å²) in [4.78, 5) is 31.5. The highest BCUT2D eigenvalue weighted by Gasteiger charge is 2.22. The van der Waals surface area contributed by atoms with Crippen molar-refractivity contribution in [1.82, 2.24) is 15.2 Å². The molecule has 2 rings (SSSR count). The van der Waals surface area contributed by atoms with Crippen LogP contribution in [0.1, 0.15) is 39.7 Å². The van der Waals surface area contributed by atoms with Gasteiger partial charge in [-0.3, -0.25) is 9.78 Å². The largest absolute Gasteiger partial charge is 0.494 e. The Hall–Kier alpha value is -2.74. The Labute approximate surface area is 194 Å². The molecular formula is C24H33N3O4S. The Morgan fingerprint density at radius 3 is 2.53 bits per heavy atom. The summed E-state index contributed by atoms with van der Waals surface area (Å²) in [6, 6.07) is 11.4. The van der Waals surface area contributed by atoms with Crippen molar-refractivity contribution in [3.05, 3.63) is 54.4 Å². The maximum Gasteiger partial charge on any atom is 0.410 e. The van der Waals surface area contributed by atoms with Crippen molar-refractivity contribution in [1.29, 1.82) is 0 Å². The highest BCUT2D eigenvalue weighted by atomic mass is 32.2. The first-order valence-corrected chi connectivity index (χ1v) is 11.7. The van der Waals surface area contributed by atoms with Crippen LogP contribution >= 0.6 is 11.8 Å². The summed E-state index contributed by atoms with van der Waals surface area (Å²) >= 11 is 1.47. The van der Waals surface area contributed by atoms with Crippen molar-refractivity contribution in [2.45, 2.75) is 51.2 Å². The fraction of sp³-hybridized carbons (Fsp3) is 0.458. The lowest BCUT2D eigenvalue weighted by atomic mass is 10.2. The van der Waals surface area contributed by atoms with Gasteiger partial charge in [0.1, 0.15) is 11.4 Å². The van der Waals surface area contributed by atoms with Gasteiger partial charge in [0.05, 0.1) is 18.9 Å². The minimum atomic E-state index is -0.573. The van der Waals surface area contributed by atoms with Crippen molar-refractivity contribution >= 4 is 23.8 Å². The predicted molar refractivity (Wildman–Crippen MR) is 127 cm³/mol. The van der Waals surface area contributed by atoms with Crippen molar-refractivity contribution in [3.8, 4) is 5.75 Å². The molecule has 0 aliphatic rings. The third-order valence-electron chi connectivity index (χ3n) is 4.18. The van der Waals surface area contributed by atoms with Crippen LogP contribution in [0.2, 0.25) is 0 Å². The van der Waals surface area contributed by atoms with Crippen LogP contribution in [0.25, 0.3) is 0 Å². The maximum atomic E-state index is 12.6. The molecule has 2 aromatic rings. The molecule has 1 heterocycles. The number of carbonyl (C=O) groups excluding carboxylic acids is 2. The molecule has 0 bridgehead atoms. The van der Waals surface area contributed by atoms with Crippen LogP contribution in [0.5, 0.6) is 5.75 Å². The molecule has 174 valence electrons. The van der Waals surface area contributed by atoms with E-state index >= 15 is 0 Å². The number of carbonyl (C=O) groups is 2. The standard InChI is InChI=1S/C24H33N3O4S/c1-5-30-20-9-11-21(12-10-20)32-18-22(28)26-14-7-15-27(23(29)31-24(2,3)4)17-19-8-6-13-25-16-19/h6,8-13,16H,5,7,14-15,17-18H2,1-4H3,(H,26,28). The summed E-state index contributed by atoms with van der Waals surface area (Å²) in [6.07, 6.45) is 3.68. The van der Waals surface area contributed by atoms with Crippen LogP contribution in [-0.4, -0.2) is 52.9 Å². The Morgan fingerprint density at radius 1 is 1.16 bits per heavy atom. The van der Waals surface area contributed by atoms with Gasteiger partial charge in [-0.05, 0) is 70.0 Å². The van der Waals surface area contributed by atoms with E-state index < -0.39 is 5.60 Å². The van der Waals surface area contributed by atoms with E-state index in [1.165, 1.54) is 11.8 Å². The molecule has 0 atom stereocenters. The summed E-state index contributed by atoms with van der Waals surface area (Å²) in [5.41, 5.74) is 0.352. The Balaban J connectivity index is 1.77. The van der Waals surface area contributed by atoms with Gasteiger partial charge < -0.3 is 19.7 Å². The van der Waals surface area contributed by atoms with Gasteiger partial charge in [0.15, 0.2) is 0 Å². The number of thioether (sulfide) groups is 1. The van der Waals surface area contributed by atoms with E-state index in [0.717, 1.165) is 16.2 Å². The van der Waals surface area contributed by atoms with Gasteiger partial charge in [0.2, 0.25) is 5.91 Å². The second-order valence-electron chi connectivity index (χ2n) is 8.16. The van der Waals surface area contributed by atoms with E-state index in [9.17, 15) is 9.59 Å². The summed E-state index contributed by atoms with van der Waals surface area (Å²) in [6.45, 7) is 9.46.